The van der Waals surface area contributed by atoms with Gasteiger partial charge in [-0.05, 0) is 74.6 Å². The molecule has 1 unspecified atom stereocenters. The molecule has 3 heteroatoms. The van der Waals surface area contributed by atoms with E-state index in [2.05, 4.69) is 35.5 Å². The number of anilines is 2. The normalized spacial score (nSPS) is 18.8. The van der Waals surface area contributed by atoms with Gasteiger partial charge in [-0.2, -0.15) is 0 Å². The summed E-state index contributed by atoms with van der Waals surface area (Å²) in [6.07, 6.45) is 7.28. The van der Waals surface area contributed by atoms with Crippen molar-refractivity contribution in [2.24, 2.45) is 5.92 Å². The first-order chi connectivity index (χ1) is 13.2. The first-order valence-electron chi connectivity index (χ1n) is 10.00. The van der Waals surface area contributed by atoms with E-state index in [0.717, 1.165) is 29.8 Å². The Morgan fingerprint density at radius 2 is 1.85 bits per heavy atom. The van der Waals surface area contributed by atoms with Crippen LogP contribution in [-0.2, 0) is 6.42 Å². The molecule has 1 atom stereocenters. The summed E-state index contributed by atoms with van der Waals surface area (Å²) < 4.78 is 0. The van der Waals surface area contributed by atoms with Crippen molar-refractivity contribution in [2.45, 2.75) is 51.5 Å². The number of nitrogens with one attached hydrogen (secondary N) is 2. The summed E-state index contributed by atoms with van der Waals surface area (Å²) >= 11 is 0. The van der Waals surface area contributed by atoms with Crippen LogP contribution >= 0.6 is 0 Å². The molecule has 0 bridgehead atoms. The Bertz CT molecular complexity index is 883. The number of amides is 1. The lowest BCUT2D eigenvalue weighted by atomic mass is 9.98. The van der Waals surface area contributed by atoms with Crippen LogP contribution in [0.1, 0.15) is 60.5 Å². The minimum atomic E-state index is -0.0888. The second-order valence-corrected chi connectivity index (χ2v) is 7.74. The van der Waals surface area contributed by atoms with E-state index < -0.39 is 0 Å². The van der Waals surface area contributed by atoms with Gasteiger partial charge in [0.1, 0.15) is 0 Å². The van der Waals surface area contributed by atoms with Gasteiger partial charge in [-0.1, -0.05) is 30.7 Å². The average molecular weight is 358 g/mol. The van der Waals surface area contributed by atoms with Crippen LogP contribution < -0.4 is 10.6 Å². The molecular weight excluding hydrogens is 332 g/mol. The first-order valence-corrected chi connectivity index (χ1v) is 10.00. The van der Waals surface area contributed by atoms with Crippen LogP contribution in [0.25, 0.3) is 0 Å². The predicted molar refractivity (Wildman–Crippen MR) is 111 cm³/mol. The van der Waals surface area contributed by atoms with Crippen molar-refractivity contribution in [2.75, 3.05) is 10.6 Å². The van der Waals surface area contributed by atoms with E-state index in [4.69, 9.17) is 0 Å². The van der Waals surface area contributed by atoms with E-state index in [9.17, 15) is 4.79 Å². The fourth-order valence-electron chi connectivity index (χ4n) is 3.88. The molecule has 1 heterocycles. The van der Waals surface area contributed by atoms with Crippen LogP contribution in [-0.4, -0.2) is 11.9 Å². The van der Waals surface area contributed by atoms with Crippen LogP contribution in [0.3, 0.4) is 0 Å². The standard InChI is InChI=1S/C24H26N2O/c1-17-6-11-20-14-15-22(16-23(20)25-17)26-24(27)21-12-9-19(10-13-21)8-7-18-4-2-3-5-18/h9-10,12-18,25H,2-6,11H2,1H3,(H,26,27). The van der Waals surface area contributed by atoms with Crippen molar-refractivity contribution in [3.63, 3.8) is 0 Å². The highest BCUT2D eigenvalue weighted by atomic mass is 16.1. The minimum Gasteiger partial charge on any atom is -0.382 e. The van der Waals surface area contributed by atoms with Crippen LogP contribution in [0.2, 0.25) is 0 Å². The molecule has 2 aromatic rings. The highest BCUT2D eigenvalue weighted by Gasteiger charge is 2.15. The topological polar surface area (TPSA) is 41.1 Å². The van der Waals surface area contributed by atoms with E-state index in [1.807, 2.05) is 36.4 Å². The van der Waals surface area contributed by atoms with Crippen LogP contribution in [0.4, 0.5) is 11.4 Å². The average Bonchev–Trinajstić information content (AvgIpc) is 3.20. The zero-order valence-corrected chi connectivity index (χ0v) is 15.8. The third-order valence-corrected chi connectivity index (χ3v) is 5.54. The Hall–Kier alpha value is -2.73. The third-order valence-electron chi connectivity index (χ3n) is 5.54. The maximum Gasteiger partial charge on any atom is 0.255 e. The lowest BCUT2D eigenvalue weighted by Gasteiger charge is -2.24. The molecule has 1 saturated carbocycles. The van der Waals surface area contributed by atoms with Gasteiger partial charge in [0.2, 0.25) is 0 Å². The van der Waals surface area contributed by atoms with Crippen molar-refractivity contribution in [1.82, 2.24) is 0 Å². The van der Waals surface area contributed by atoms with Crippen LogP contribution in [0.15, 0.2) is 42.5 Å². The monoisotopic (exact) mass is 358 g/mol. The summed E-state index contributed by atoms with van der Waals surface area (Å²) in [4.78, 5) is 12.6. The van der Waals surface area contributed by atoms with Crippen LogP contribution in [0, 0.1) is 17.8 Å². The van der Waals surface area contributed by atoms with Crippen molar-refractivity contribution >= 4 is 17.3 Å². The van der Waals surface area contributed by atoms with E-state index in [1.165, 1.54) is 31.2 Å². The number of benzene rings is 2. The summed E-state index contributed by atoms with van der Waals surface area (Å²) in [7, 11) is 0. The quantitative estimate of drug-likeness (QED) is 0.722. The van der Waals surface area contributed by atoms with Gasteiger partial charge in [-0.15, -0.1) is 0 Å². The molecule has 1 aliphatic heterocycles. The zero-order chi connectivity index (χ0) is 18.6. The fourth-order valence-corrected chi connectivity index (χ4v) is 3.88. The molecule has 2 aliphatic rings. The molecule has 2 aromatic carbocycles. The molecule has 0 spiro atoms. The molecule has 1 aliphatic carbocycles. The number of aryl methyl sites for hydroxylation is 1. The Morgan fingerprint density at radius 1 is 1.07 bits per heavy atom. The van der Waals surface area contributed by atoms with E-state index in [-0.39, 0.29) is 5.91 Å². The Morgan fingerprint density at radius 3 is 2.63 bits per heavy atom. The molecule has 1 fully saturated rings. The first kappa shape index (κ1) is 17.7. The largest absolute Gasteiger partial charge is 0.382 e. The van der Waals surface area contributed by atoms with Crippen molar-refractivity contribution < 1.29 is 4.79 Å². The second-order valence-electron chi connectivity index (χ2n) is 7.74. The van der Waals surface area contributed by atoms with Gasteiger partial charge in [0.05, 0.1) is 0 Å². The fraction of sp³-hybridized carbons (Fsp3) is 0.375. The number of rotatable bonds is 2. The smallest absolute Gasteiger partial charge is 0.255 e. The Kier molecular flexibility index (Phi) is 5.16. The number of carbonyl (C=O) groups is 1. The van der Waals surface area contributed by atoms with E-state index in [1.54, 1.807) is 0 Å². The summed E-state index contributed by atoms with van der Waals surface area (Å²) in [6.45, 7) is 2.19. The Labute approximate surface area is 161 Å². The minimum absolute atomic E-state index is 0.0888. The molecule has 0 aromatic heterocycles. The summed E-state index contributed by atoms with van der Waals surface area (Å²) in [6, 6.07) is 14.2. The third kappa shape index (κ3) is 4.34. The maximum absolute atomic E-state index is 12.6. The van der Waals surface area contributed by atoms with Gasteiger partial charge in [-0.25, -0.2) is 0 Å². The molecule has 4 rings (SSSR count). The Balaban J connectivity index is 1.41. The number of fused-ring (bicyclic) bond motifs is 1. The molecule has 27 heavy (non-hydrogen) atoms. The van der Waals surface area contributed by atoms with Gasteiger partial charge >= 0.3 is 0 Å². The molecular formula is C24H26N2O. The lowest BCUT2D eigenvalue weighted by molar-refractivity contribution is 0.102. The van der Waals surface area contributed by atoms with Crippen LogP contribution in [0.5, 0.6) is 0 Å². The molecule has 0 saturated heterocycles. The lowest BCUT2D eigenvalue weighted by Crippen LogP contribution is -2.22. The summed E-state index contributed by atoms with van der Waals surface area (Å²) in [5, 5.41) is 6.50. The number of carbonyl (C=O) groups excluding carboxylic acids is 1. The SMILES string of the molecule is CC1CCc2ccc(NC(=O)c3ccc(C#CC4CCCC4)cc3)cc2N1. The molecule has 0 radical (unpaired) electrons. The van der Waals surface area contributed by atoms with E-state index in [0.29, 0.717) is 17.5 Å². The zero-order valence-electron chi connectivity index (χ0n) is 15.8. The predicted octanol–water partition coefficient (Wildman–Crippen LogP) is 5.23. The summed E-state index contributed by atoms with van der Waals surface area (Å²) in [5.74, 6) is 7.07. The highest BCUT2D eigenvalue weighted by Crippen LogP contribution is 2.28. The van der Waals surface area contributed by atoms with Gasteiger partial charge in [0, 0.05) is 34.5 Å². The van der Waals surface area contributed by atoms with Crippen molar-refractivity contribution in [3.8, 4) is 11.8 Å². The van der Waals surface area contributed by atoms with Gasteiger partial charge < -0.3 is 10.6 Å². The summed E-state index contributed by atoms with van der Waals surface area (Å²) in [5.41, 5.74) is 4.90. The molecule has 138 valence electrons. The van der Waals surface area contributed by atoms with E-state index >= 15 is 0 Å². The van der Waals surface area contributed by atoms with Gasteiger partial charge in [-0.3, -0.25) is 4.79 Å². The maximum atomic E-state index is 12.6. The molecule has 1 amide bonds. The molecule has 2 N–H and O–H groups in total. The number of hydrogen-bond acceptors (Lipinski definition) is 2. The highest BCUT2D eigenvalue weighted by molar-refractivity contribution is 6.04. The number of hydrogen-bond donors (Lipinski definition) is 2. The van der Waals surface area contributed by atoms with Gasteiger partial charge in [0.15, 0.2) is 0 Å². The van der Waals surface area contributed by atoms with Crippen molar-refractivity contribution in [3.05, 3.63) is 59.2 Å². The molecule has 3 nitrogen and oxygen atoms in total. The van der Waals surface area contributed by atoms with Crippen molar-refractivity contribution in [1.29, 1.82) is 0 Å². The second kappa shape index (κ2) is 7.88. The van der Waals surface area contributed by atoms with Gasteiger partial charge in [0.25, 0.3) is 5.91 Å².